The lowest BCUT2D eigenvalue weighted by Gasteiger charge is -2.41. The Morgan fingerprint density at radius 3 is 2.89 bits per heavy atom. The van der Waals surface area contributed by atoms with Crippen molar-refractivity contribution in [1.29, 1.82) is 0 Å². The molecule has 3 unspecified atom stereocenters. The molecule has 102 valence electrons. The maximum atomic E-state index is 5.95. The Kier molecular flexibility index (Phi) is 4.87. The van der Waals surface area contributed by atoms with E-state index in [2.05, 4.69) is 34.7 Å². The minimum absolute atomic E-state index is 0.308. The van der Waals surface area contributed by atoms with E-state index < -0.39 is 0 Å². The Labute approximate surface area is 118 Å². The van der Waals surface area contributed by atoms with Gasteiger partial charge in [0.05, 0.1) is 6.04 Å². The molecule has 2 rings (SSSR count). The smallest absolute Gasteiger partial charge is 0.169 e. The fourth-order valence-electron chi connectivity index (χ4n) is 2.98. The molecule has 0 radical (unpaired) electrons. The van der Waals surface area contributed by atoms with E-state index in [0.717, 1.165) is 29.4 Å². The molecule has 0 amide bonds. The number of hydrogen-bond donors (Lipinski definition) is 1. The molecule has 4 heteroatoms. The second-order valence-corrected chi connectivity index (χ2v) is 6.03. The Hall–Kier alpha value is -0.320. The third-order valence-corrected chi connectivity index (χ3v) is 4.65. The van der Waals surface area contributed by atoms with E-state index >= 15 is 0 Å². The van der Waals surface area contributed by atoms with Crippen molar-refractivity contribution in [1.82, 2.24) is 4.90 Å². The van der Waals surface area contributed by atoms with Crippen molar-refractivity contribution in [2.45, 2.75) is 45.2 Å². The second kappa shape index (κ2) is 6.22. The molecule has 2 N–H and O–H groups in total. The van der Waals surface area contributed by atoms with Crippen LogP contribution in [0.4, 0.5) is 0 Å². The van der Waals surface area contributed by atoms with E-state index in [1.54, 1.807) is 0 Å². The highest BCUT2D eigenvalue weighted by molar-refractivity contribution is 9.10. The van der Waals surface area contributed by atoms with Crippen molar-refractivity contribution < 1.29 is 4.42 Å². The second-order valence-electron chi connectivity index (χ2n) is 5.24. The molecule has 0 bridgehead atoms. The normalized spacial score (nSPS) is 27.3. The first-order chi connectivity index (χ1) is 8.65. The molecule has 0 aromatic carbocycles. The van der Waals surface area contributed by atoms with E-state index in [0.29, 0.717) is 12.1 Å². The number of halogens is 1. The molecule has 1 aliphatic rings. The number of nitrogens with zero attached hydrogens (tertiary/aromatic N) is 1. The van der Waals surface area contributed by atoms with Crippen LogP contribution < -0.4 is 5.73 Å². The fourth-order valence-corrected chi connectivity index (χ4v) is 3.30. The highest BCUT2D eigenvalue weighted by atomic mass is 79.9. The summed E-state index contributed by atoms with van der Waals surface area (Å²) in [5, 5.41) is 0. The molecular formula is C14H23BrN2O. The average Bonchev–Trinajstić information content (AvgIpc) is 2.83. The molecule has 1 aromatic heterocycles. The quantitative estimate of drug-likeness (QED) is 0.924. The molecule has 3 atom stereocenters. The van der Waals surface area contributed by atoms with Crippen molar-refractivity contribution in [2.24, 2.45) is 11.7 Å². The summed E-state index contributed by atoms with van der Waals surface area (Å²) in [7, 11) is 0. The topological polar surface area (TPSA) is 42.4 Å². The van der Waals surface area contributed by atoms with Gasteiger partial charge in [0.2, 0.25) is 0 Å². The summed E-state index contributed by atoms with van der Waals surface area (Å²) in [6.45, 7) is 6.35. The molecule has 3 nitrogen and oxygen atoms in total. The van der Waals surface area contributed by atoms with Crippen LogP contribution in [0.5, 0.6) is 0 Å². The summed E-state index contributed by atoms with van der Waals surface area (Å²) >= 11 is 3.37. The van der Waals surface area contributed by atoms with Crippen LogP contribution in [-0.2, 0) is 0 Å². The van der Waals surface area contributed by atoms with Crippen LogP contribution in [0.25, 0.3) is 0 Å². The van der Waals surface area contributed by atoms with Gasteiger partial charge in [0.1, 0.15) is 5.76 Å². The minimum Gasteiger partial charge on any atom is -0.453 e. The molecule has 1 aliphatic heterocycles. The monoisotopic (exact) mass is 314 g/mol. The predicted octanol–water partition coefficient (Wildman–Crippen LogP) is 3.55. The Morgan fingerprint density at radius 1 is 1.56 bits per heavy atom. The summed E-state index contributed by atoms with van der Waals surface area (Å²) in [5.41, 5.74) is 5.95. The first-order valence-corrected chi connectivity index (χ1v) is 7.66. The zero-order chi connectivity index (χ0) is 13.1. The number of furan rings is 1. The standard InChI is InChI=1S/C14H23BrN2O/c1-3-11-6-7-17(12(8-11)9-16)10(2)13-4-5-14(15)18-13/h4-5,10-12H,3,6-9,16H2,1-2H3. The van der Waals surface area contributed by atoms with Gasteiger partial charge in [-0.2, -0.15) is 0 Å². The summed E-state index contributed by atoms with van der Waals surface area (Å²) in [6, 6.07) is 4.81. The van der Waals surface area contributed by atoms with Gasteiger partial charge in [-0.15, -0.1) is 0 Å². The lowest BCUT2D eigenvalue weighted by molar-refractivity contribution is 0.0675. The largest absolute Gasteiger partial charge is 0.453 e. The summed E-state index contributed by atoms with van der Waals surface area (Å²) in [5.74, 6) is 1.86. The van der Waals surface area contributed by atoms with Crippen LogP contribution in [0.15, 0.2) is 21.2 Å². The third-order valence-electron chi connectivity index (χ3n) is 4.22. The molecule has 1 aromatic rings. The van der Waals surface area contributed by atoms with Gasteiger partial charge in [-0.1, -0.05) is 13.3 Å². The lowest BCUT2D eigenvalue weighted by atomic mass is 9.88. The average molecular weight is 315 g/mol. The molecule has 1 saturated heterocycles. The van der Waals surface area contributed by atoms with Gasteiger partial charge in [0, 0.05) is 12.6 Å². The summed E-state index contributed by atoms with van der Waals surface area (Å²) < 4.78 is 6.48. The zero-order valence-electron chi connectivity index (χ0n) is 11.2. The Morgan fingerprint density at radius 2 is 2.33 bits per heavy atom. The van der Waals surface area contributed by atoms with Crippen molar-refractivity contribution >= 4 is 15.9 Å². The number of hydrogen-bond acceptors (Lipinski definition) is 3. The van der Waals surface area contributed by atoms with E-state index in [-0.39, 0.29) is 0 Å². The first kappa shape index (κ1) is 14.1. The predicted molar refractivity (Wildman–Crippen MR) is 77.4 cm³/mol. The maximum Gasteiger partial charge on any atom is 0.169 e. The molecule has 2 heterocycles. The Bertz CT molecular complexity index is 380. The SMILES string of the molecule is CCC1CCN(C(C)c2ccc(Br)o2)C(CN)C1. The first-order valence-electron chi connectivity index (χ1n) is 6.86. The zero-order valence-corrected chi connectivity index (χ0v) is 12.8. The van der Waals surface area contributed by atoms with Crippen LogP contribution in [0, 0.1) is 5.92 Å². The maximum absolute atomic E-state index is 5.95. The van der Waals surface area contributed by atoms with E-state index in [4.69, 9.17) is 10.2 Å². The van der Waals surface area contributed by atoms with Gasteiger partial charge >= 0.3 is 0 Å². The van der Waals surface area contributed by atoms with Crippen LogP contribution >= 0.6 is 15.9 Å². The highest BCUT2D eigenvalue weighted by Crippen LogP contribution is 2.33. The van der Waals surface area contributed by atoms with E-state index in [1.807, 2.05) is 12.1 Å². The van der Waals surface area contributed by atoms with Gasteiger partial charge in [0.15, 0.2) is 4.67 Å². The van der Waals surface area contributed by atoms with Gasteiger partial charge in [-0.25, -0.2) is 0 Å². The van der Waals surface area contributed by atoms with Crippen LogP contribution in [0.3, 0.4) is 0 Å². The van der Waals surface area contributed by atoms with Crippen molar-refractivity contribution in [3.8, 4) is 0 Å². The van der Waals surface area contributed by atoms with Gasteiger partial charge < -0.3 is 10.2 Å². The molecular weight excluding hydrogens is 292 g/mol. The number of rotatable bonds is 4. The molecule has 0 aliphatic carbocycles. The highest BCUT2D eigenvalue weighted by Gasteiger charge is 2.31. The van der Waals surface area contributed by atoms with Crippen LogP contribution in [0.1, 0.15) is 44.9 Å². The lowest BCUT2D eigenvalue weighted by Crippen LogP contribution is -2.47. The van der Waals surface area contributed by atoms with Crippen LogP contribution in [-0.4, -0.2) is 24.0 Å². The van der Waals surface area contributed by atoms with Crippen molar-refractivity contribution in [3.05, 3.63) is 22.6 Å². The number of likely N-dealkylation sites (tertiary alicyclic amines) is 1. The minimum atomic E-state index is 0.308. The molecule has 0 spiro atoms. The Balaban J connectivity index is 2.07. The van der Waals surface area contributed by atoms with E-state index in [9.17, 15) is 0 Å². The van der Waals surface area contributed by atoms with E-state index in [1.165, 1.54) is 19.3 Å². The molecule has 0 saturated carbocycles. The van der Waals surface area contributed by atoms with Crippen LogP contribution in [0.2, 0.25) is 0 Å². The summed E-state index contributed by atoms with van der Waals surface area (Å²) in [6.07, 6.45) is 3.77. The van der Waals surface area contributed by atoms with Gasteiger partial charge in [-0.05, 0) is 60.3 Å². The number of nitrogens with two attached hydrogens (primary N) is 1. The van der Waals surface area contributed by atoms with Gasteiger partial charge in [-0.3, -0.25) is 4.90 Å². The molecule has 18 heavy (non-hydrogen) atoms. The molecule has 1 fully saturated rings. The van der Waals surface area contributed by atoms with Crippen molar-refractivity contribution in [3.63, 3.8) is 0 Å². The number of piperidine rings is 1. The fraction of sp³-hybridized carbons (Fsp3) is 0.714. The van der Waals surface area contributed by atoms with Gasteiger partial charge in [0.25, 0.3) is 0 Å². The van der Waals surface area contributed by atoms with Crippen molar-refractivity contribution in [2.75, 3.05) is 13.1 Å². The third kappa shape index (κ3) is 2.98. The summed E-state index contributed by atoms with van der Waals surface area (Å²) in [4.78, 5) is 2.50.